The van der Waals surface area contributed by atoms with Gasteiger partial charge in [0.05, 0.1) is 19.2 Å². The lowest BCUT2D eigenvalue weighted by Gasteiger charge is -2.37. The number of nitrogens with zero attached hydrogens (tertiary/aromatic N) is 4. The second kappa shape index (κ2) is 11.1. The second-order valence-electron chi connectivity index (χ2n) is 8.57. The quantitative estimate of drug-likeness (QED) is 0.636. The highest BCUT2D eigenvalue weighted by Gasteiger charge is 2.34. The molecule has 3 heterocycles. The molecule has 9 heteroatoms. The molecular formula is C25H30N4O5. The molecule has 0 radical (unpaired) electrons. The molecule has 4 atom stereocenters. The van der Waals surface area contributed by atoms with Crippen LogP contribution in [0.5, 0.6) is 5.88 Å². The van der Waals surface area contributed by atoms with Crippen molar-refractivity contribution >= 4 is 11.8 Å². The van der Waals surface area contributed by atoms with Crippen molar-refractivity contribution in [3.63, 3.8) is 0 Å². The molecule has 180 valence electrons. The number of pyridine rings is 2. The summed E-state index contributed by atoms with van der Waals surface area (Å²) in [6.07, 6.45) is 3.33. The molecule has 0 unspecified atom stereocenters. The number of aromatic nitrogens is 2. The van der Waals surface area contributed by atoms with Crippen LogP contribution in [-0.2, 0) is 0 Å². The molecule has 1 aliphatic rings. The number of carbonyl (C=O) groups is 2. The highest BCUT2D eigenvalue weighted by Crippen LogP contribution is 2.27. The van der Waals surface area contributed by atoms with Crippen molar-refractivity contribution in [3.8, 4) is 17.7 Å². The Bertz CT molecular complexity index is 1080. The number of amides is 2. The minimum Gasteiger partial charge on any atom is -0.472 e. The second-order valence-corrected chi connectivity index (χ2v) is 8.57. The first kappa shape index (κ1) is 25.1. The Morgan fingerprint density at radius 3 is 2.71 bits per heavy atom. The summed E-state index contributed by atoms with van der Waals surface area (Å²) in [6.45, 7) is 5.64. The predicted octanol–water partition coefficient (Wildman–Crippen LogP) is 1.20. The van der Waals surface area contributed by atoms with Crippen LogP contribution < -0.4 is 4.74 Å². The van der Waals surface area contributed by atoms with Crippen LogP contribution in [0.4, 0.5) is 0 Å². The summed E-state index contributed by atoms with van der Waals surface area (Å²) >= 11 is 0. The van der Waals surface area contributed by atoms with E-state index in [4.69, 9.17) is 4.74 Å². The van der Waals surface area contributed by atoms with Crippen molar-refractivity contribution in [1.82, 2.24) is 19.8 Å². The molecule has 0 aliphatic carbocycles. The number of aliphatic hydroxyl groups is 2. The Morgan fingerprint density at radius 1 is 1.35 bits per heavy atom. The maximum atomic E-state index is 13.4. The van der Waals surface area contributed by atoms with Crippen molar-refractivity contribution in [3.05, 3.63) is 53.5 Å². The van der Waals surface area contributed by atoms with Crippen LogP contribution in [0.15, 0.2) is 36.8 Å². The Labute approximate surface area is 199 Å². The van der Waals surface area contributed by atoms with Crippen molar-refractivity contribution in [2.24, 2.45) is 5.92 Å². The van der Waals surface area contributed by atoms with E-state index in [1.54, 1.807) is 61.3 Å². The van der Waals surface area contributed by atoms with Gasteiger partial charge in [0.1, 0.15) is 17.8 Å². The van der Waals surface area contributed by atoms with Crippen molar-refractivity contribution in [1.29, 1.82) is 0 Å². The minimum absolute atomic E-state index is 0.143. The molecule has 0 saturated carbocycles. The number of ether oxygens (including phenoxy) is 1. The number of hydrogen-bond acceptors (Lipinski definition) is 7. The number of likely N-dealkylation sites (N-methyl/N-ethyl adjacent to an activating group) is 1. The van der Waals surface area contributed by atoms with Gasteiger partial charge in [0.2, 0.25) is 5.88 Å². The maximum absolute atomic E-state index is 13.4. The maximum Gasteiger partial charge on any atom is 0.259 e. The number of rotatable bonds is 5. The molecule has 3 rings (SSSR count). The molecule has 0 fully saturated rings. The van der Waals surface area contributed by atoms with Gasteiger partial charge in [-0.2, -0.15) is 0 Å². The van der Waals surface area contributed by atoms with Crippen LogP contribution in [0.25, 0.3) is 0 Å². The van der Waals surface area contributed by atoms with Crippen LogP contribution in [0.1, 0.15) is 47.1 Å². The highest BCUT2D eigenvalue weighted by molar-refractivity contribution is 5.97. The number of aliphatic hydroxyl groups excluding tert-OH is 2. The molecule has 0 bridgehead atoms. The Kier molecular flexibility index (Phi) is 8.21. The first-order valence-electron chi connectivity index (χ1n) is 11.1. The third-order valence-electron chi connectivity index (χ3n) is 5.67. The highest BCUT2D eigenvalue weighted by atomic mass is 16.5. The van der Waals surface area contributed by atoms with Gasteiger partial charge in [0.15, 0.2) is 0 Å². The molecular weight excluding hydrogens is 436 g/mol. The molecule has 2 aromatic rings. The lowest BCUT2D eigenvalue weighted by Crippen LogP contribution is -2.50. The Morgan fingerprint density at radius 2 is 2.06 bits per heavy atom. The zero-order valence-corrected chi connectivity index (χ0v) is 19.8. The molecule has 0 spiro atoms. The van der Waals surface area contributed by atoms with Gasteiger partial charge in [-0.25, -0.2) is 4.98 Å². The van der Waals surface area contributed by atoms with Gasteiger partial charge in [0, 0.05) is 49.2 Å². The van der Waals surface area contributed by atoms with Gasteiger partial charge in [-0.05, 0) is 32.0 Å². The molecule has 2 aromatic heterocycles. The molecule has 2 N–H and O–H groups in total. The van der Waals surface area contributed by atoms with Gasteiger partial charge in [-0.3, -0.25) is 14.6 Å². The van der Waals surface area contributed by atoms with E-state index in [1.807, 2.05) is 6.92 Å². The summed E-state index contributed by atoms with van der Waals surface area (Å²) in [5.74, 6) is 4.93. The van der Waals surface area contributed by atoms with Gasteiger partial charge >= 0.3 is 0 Å². The normalized spacial score (nSPS) is 19.5. The van der Waals surface area contributed by atoms with Crippen molar-refractivity contribution in [2.45, 2.75) is 39.0 Å². The van der Waals surface area contributed by atoms with E-state index in [0.717, 1.165) is 0 Å². The Balaban J connectivity index is 1.95. The third-order valence-corrected chi connectivity index (χ3v) is 5.67. The molecule has 1 aliphatic heterocycles. The number of hydrogen-bond donors (Lipinski definition) is 2. The van der Waals surface area contributed by atoms with Crippen LogP contribution in [0.3, 0.4) is 0 Å². The molecule has 34 heavy (non-hydrogen) atoms. The summed E-state index contributed by atoms with van der Waals surface area (Å²) in [6, 6.07) is 4.45. The van der Waals surface area contributed by atoms with Crippen molar-refractivity contribution in [2.75, 3.05) is 26.7 Å². The summed E-state index contributed by atoms with van der Waals surface area (Å²) < 4.78 is 6.19. The first-order chi connectivity index (χ1) is 16.2. The van der Waals surface area contributed by atoms with E-state index in [0.29, 0.717) is 17.7 Å². The van der Waals surface area contributed by atoms with E-state index >= 15 is 0 Å². The largest absolute Gasteiger partial charge is 0.472 e. The SMILES string of the molecule is C[C@H](CO)N1C[C@H](C)[C@H](CN(C)C(=O)c2ccncc2)Oc2ncc(C#C[C@@H](C)O)cc2C1=O. The van der Waals surface area contributed by atoms with E-state index in [-0.39, 0.29) is 42.3 Å². The molecule has 2 amide bonds. The fraction of sp³-hybridized carbons (Fsp3) is 0.440. The average Bonchev–Trinajstić information content (AvgIpc) is 2.84. The Hall–Kier alpha value is -3.48. The van der Waals surface area contributed by atoms with Crippen LogP contribution in [0, 0.1) is 17.8 Å². The lowest BCUT2D eigenvalue weighted by atomic mass is 9.99. The molecule has 0 saturated heterocycles. The minimum atomic E-state index is -0.821. The van der Waals surface area contributed by atoms with Gasteiger partial charge in [-0.1, -0.05) is 18.8 Å². The van der Waals surface area contributed by atoms with Crippen molar-refractivity contribution < 1.29 is 24.5 Å². The zero-order chi connectivity index (χ0) is 24.8. The van der Waals surface area contributed by atoms with Gasteiger partial charge < -0.3 is 24.7 Å². The topological polar surface area (TPSA) is 116 Å². The van der Waals surface area contributed by atoms with E-state index in [1.165, 1.54) is 6.20 Å². The third kappa shape index (κ3) is 5.90. The monoisotopic (exact) mass is 466 g/mol. The van der Waals surface area contributed by atoms with Gasteiger partial charge in [0.25, 0.3) is 11.8 Å². The molecule has 0 aromatic carbocycles. The zero-order valence-electron chi connectivity index (χ0n) is 19.8. The number of fused-ring (bicyclic) bond motifs is 1. The van der Waals surface area contributed by atoms with Crippen LogP contribution in [-0.4, -0.2) is 86.8 Å². The summed E-state index contributed by atoms with van der Waals surface area (Å²) in [5.41, 5.74) is 1.20. The first-order valence-corrected chi connectivity index (χ1v) is 11.1. The fourth-order valence-electron chi connectivity index (χ4n) is 3.64. The predicted molar refractivity (Wildman–Crippen MR) is 125 cm³/mol. The standard InChI is InChI=1S/C25H30N4O5/c1-16-13-29(17(2)15-30)25(33)21-11-19(6-5-18(3)31)12-27-23(21)34-22(16)14-28(4)24(32)20-7-9-26-10-8-20/h7-12,16-18,22,30-31H,13-15H2,1-4H3/t16-,17+,18+,22-/m0/s1. The van der Waals surface area contributed by atoms with Crippen LogP contribution in [0.2, 0.25) is 0 Å². The summed E-state index contributed by atoms with van der Waals surface area (Å²) in [5, 5.41) is 19.2. The summed E-state index contributed by atoms with van der Waals surface area (Å²) in [7, 11) is 1.69. The average molecular weight is 467 g/mol. The van der Waals surface area contributed by atoms with E-state index < -0.39 is 18.2 Å². The summed E-state index contributed by atoms with van der Waals surface area (Å²) in [4.78, 5) is 37.7. The number of carbonyl (C=O) groups excluding carboxylic acids is 2. The fourth-order valence-corrected chi connectivity index (χ4v) is 3.64. The van der Waals surface area contributed by atoms with Gasteiger partial charge in [-0.15, -0.1) is 0 Å². The lowest BCUT2D eigenvalue weighted by molar-refractivity contribution is 0.0313. The van der Waals surface area contributed by atoms with E-state index in [2.05, 4.69) is 21.8 Å². The van der Waals surface area contributed by atoms with Crippen LogP contribution >= 0.6 is 0 Å². The van der Waals surface area contributed by atoms with E-state index in [9.17, 15) is 19.8 Å². The molecule has 9 nitrogen and oxygen atoms in total. The smallest absolute Gasteiger partial charge is 0.259 e.